The van der Waals surface area contributed by atoms with Gasteiger partial charge in [-0.15, -0.1) is 0 Å². The highest BCUT2D eigenvalue weighted by Crippen LogP contribution is 2.39. The van der Waals surface area contributed by atoms with Gasteiger partial charge in [0.15, 0.2) is 5.75 Å². The van der Waals surface area contributed by atoms with Crippen LogP contribution in [0.1, 0.15) is 35.7 Å². The van der Waals surface area contributed by atoms with E-state index in [1.165, 1.54) is 12.1 Å². The molecule has 0 saturated carbocycles. The van der Waals surface area contributed by atoms with Gasteiger partial charge < -0.3 is 14.6 Å². The molecule has 0 atom stereocenters. The van der Waals surface area contributed by atoms with Gasteiger partial charge in [0.25, 0.3) is 0 Å². The molecule has 0 radical (unpaired) electrons. The van der Waals surface area contributed by atoms with E-state index in [1.54, 1.807) is 7.11 Å². The molecule has 23 heavy (non-hydrogen) atoms. The number of rotatable bonds is 5. The first-order valence-electron chi connectivity index (χ1n) is 6.91. The molecule has 2 aromatic rings. The number of hydrogen-bond donors (Lipinski definition) is 1. The number of carboxylic acids is 1. The zero-order chi connectivity index (χ0) is 17.1. The van der Waals surface area contributed by atoms with Gasteiger partial charge in [-0.05, 0) is 68.1 Å². The molecular formula is C17H16Br2O4. The van der Waals surface area contributed by atoms with Gasteiger partial charge in [0.05, 0.1) is 21.6 Å². The summed E-state index contributed by atoms with van der Waals surface area (Å²) in [5.74, 6) is 1.28. The lowest BCUT2D eigenvalue weighted by atomic mass is 10.0. The quantitative estimate of drug-likeness (QED) is 0.631. The van der Waals surface area contributed by atoms with Crippen molar-refractivity contribution in [1.29, 1.82) is 0 Å². The first-order chi connectivity index (χ1) is 10.8. The molecule has 0 aromatic heterocycles. The second kappa shape index (κ2) is 7.36. The van der Waals surface area contributed by atoms with Gasteiger partial charge in [-0.3, -0.25) is 0 Å². The molecule has 0 heterocycles. The zero-order valence-corrected chi connectivity index (χ0v) is 16.1. The summed E-state index contributed by atoms with van der Waals surface area (Å²) in [6.07, 6.45) is 0. The van der Waals surface area contributed by atoms with Gasteiger partial charge in [0.1, 0.15) is 11.5 Å². The van der Waals surface area contributed by atoms with Crippen LogP contribution in [-0.4, -0.2) is 18.2 Å². The van der Waals surface area contributed by atoms with Crippen molar-refractivity contribution in [1.82, 2.24) is 0 Å². The van der Waals surface area contributed by atoms with Crippen LogP contribution in [0.15, 0.2) is 39.3 Å². The van der Waals surface area contributed by atoms with Crippen molar-refractivity contribution < 1.29 is 19.4 Å². The highest BCUT2D eigenvalue weighted by atomic mass is 79.9. The van der Waals surface area contributed by atoms with Gasteiger partial charge in [0, 0.05) is 5.56 Å². The van der Waals surface area contributed by atoms with Gasteiger partial charge in [-0.2, -0.15) is 0 Å². The maximum absolute atomic E-state index is 11.1. The lowest BCUT2D eigenvalue weighted by Crippen LogP contribution is -1.98. The summed E-state index contributed by atoms with van der Waals surface area (Å²) in [6.45, 7) is 4.16. The molecule has 0 fully saturated rings. The summed E-state index contributed by atoms with van der Waals surface area (Å²) in [7, 11) is 1.64. The van der Waals surface area contributed by atoms with Crippen molar-refractivity contribution in [2.24, 2.45) is 0 Å². The van der Waals surface area contributed by atoms with Gasteiger partial charge >= 0.3 is 5.97 Å². The first kappa shape index (κ1) is 17.8. The number of hydrogen-bond acceptors (Lipinski definition) is 3. The maximum Gasteiger partial charge on any atom is 0.335 e. The van der Waals surface area contributed by atoms with E-state index in [1.807, 2.05) is 18.2 Å². The average molecular weight is 444 g/mol. The summed E-state index contributed by atoms with van der Waals surface area (Å²) in [6, 6.07) is 8.62. The van der Waals surface area contributed by atoms with Crippen LogP contribution >= 0.6 is 31.9 Å². The molecule has 1 N–H and O–H groups in total. The minimum Gasteiger partial charge on any atom is -0.496 e. The molecule has 2 aromatic carbocycles. The molecule has 0 amide bonds. The number of benzene rings is 2. The smallest absolute Gasteiger partial charge is 0.335 e. The zero-order valence-electron chi connectivity index (χ0n) is 12.9. The summed E-state index contributed by atoms with van der Waals surface area (Å²) >= 11 is 6.71. The fraction of sp³-hybridized carbons (Fsp3) is 0.235. The Balaban J connectivity index is 2.40. The van der Waals surface area contributed by atoms with Crippen LogP contribution in [0.5, 0.6) is 17.2 Å². The van der Waals surface area contributed by atoms with Gasteiger partial charge in [-0.1, -0.05) is 13.8 Å². The third kappa shape index (κ3) is 4.06. The Morgan fingerprint density at radius 2 is 1.74 bits per heavy atom. The highest BCUT2D eigenvalue weighted by molar-refractivity contribution is 9.11. The Morgan fingerprint density at radius 1 is 1.13 bits per heavy atom. The fourth-order valence-corrected chi connectivity index (χ4v) is 3.47. The number of ether oxygens (including phenoxy) is 2. The van der Waals surface area contributed by atoms with Crippen LogP contribution in [0, 0.1) is 0 Å². The second-order valence-corrected chi connectivity index (χ2v) is 6.94. The Bertz CT molecular complexity index is 718. The summed E-state index contributed by atoms with van der Waals surface area (Å²) < 4.78 is 12.4. The molecule has 0 saturated heterocycles. The lowest BCUT2D eigenvalue weighted by molar-refractivity contribution is 0.0696. The van der Waals surface area contributed by atoms with Crippen LogP contribution in [0.4, 0.5) is 0 Å². The third-order valence-electron chi connectivity index (χ3n) is 3.29. The molecule has 0 unspecified atom stereocenters. The minimum atomic E-state index is -0.996. The van der Waals surface area contributed by atoms with Crippen molar-refractivity contribution in [3.05, 3.63) is 50.4 Å². The lowest BCUT2D eigenvalue weighted by Gasteiger charge is -2.15. The van der Waals surface area contributed by atoms with E-state index in [0.717, 1.165) is 11.3 Å². The number of methoxy groups -OCH3 is 1. The predicted octanol–water partition coefficient (Wildman–Crippen LogP) is 5.83. The number of carboxylic acid groups (broad SMARTS) is 1. The van der Waals surface area contributed by atoms with E-state index in [9.17, 15) is 4.79 Å². The van der Waals surface area contributed by atoms with Crippen molar-refractivity contribution in [3.8, 4) is 17.2 Å². The van der Waals surface area contributed by atoms with Gasteiger partial charge in [0.2, 0.25) is 0 Å². The molecule has 0 bridgehead atoms. The third-order valence-corrected chi connectivity index (χ3v) is 4.47. The Labute approximate surface area is 151 Å². The first-order valence-corrected chi connectivity index (χ1v) is 8.50. The Kier molecular flexibility index (Phi) is 5.70. The normalized spacial score (nSPS) is 10.7. The van der Waals surface area contributed by atoms with Crippen LogP contribution in [-0.2, 0) is 0 Å². The molecule has 6 heteroatoms. The highest BCUT2D eigenvalue weighted by Gasteiger charge is 2.15. The largest absolute Gasteiger partial charge is 0.496 e. The number of carbonyl (C=O) groups is 1. The van der Waals surface area contributed by atoms with E-state index in [-0.39, 0.29) is 11.5 Å². The standard InChI is InChI=1S/C17H16Br2O4/c1-9(2)12-8-11(4-5-15(12)22-3)23-16-13(18)6-10(17(20)21)7-14(16)19/h4-9H,1-3H3,(H,20,21). The summed E-state index contributed by atoms with van der Waals surface area (Å²) in [4.78, 5) is 11.1. The van der Waals surface area contributed by atoms with E-state index >= 15 is 0 Å². The van der Waals surface area contributed by atoms with E-state index < -0.39 is 5.97 Å². The predicted molar refractivity (Wildman–Crippen MR) is 96.0 cm³/mol. The fourth-order valence-electron chi connectivity index (χ4n) is 2.13. The molecule has 122 valence electrons. The molecule has 0 aliphatic rings. The Morgan fingerprint density at radius 3 is 2.22 bits per heavy atom. The van der Waals surface area contributed by atoms with Crippen LogP contribution in [0.3, 0.4) is 0 Å². The van der Waals surface area contributed by atoms with E-state index in [4.69, 9.17) is 14.6 Å². The molecule has 4 nitrogen and oxygen atoms in total. The monoisotopic (exact) mass is 442 g/mol. The molecule has 0 aliphatic carbocycles. The van der Waals surface area contributed by atoms with E-state index in [2.05, 4.69) is 45.7 Å². The van der Waals surface area contributed by atoms with Crippen molar-refractivity contribution >= 4 is 37.8 Å². The van der Waals surface area contributed by atoms with Crippen molar-refractivity contribution in [2.75, 3.05) is 7.11 Å². The topological polar surface area (TPSA) is 55.8 Å². The molecule has 2 rings (SSSR count). The molecule has 0 aliphatic heterocycles. The number of aromatic carboxylic acids is 1. The number of halogens is 2. The van der Waals surface area contributed by atoms with Crippen LogP contribution in [0.25, 0.3) is 0 Å². The van der Waals surface area contributed by atoms with Crippen LogP contribution in [0.2, 0.25) is 0 Å². The summed E-state index contributed by atoms with van der Waals surface area (Å²) in [5.41, 5.74) is 1.22. The van der Waals surface area contributed by atoms with E-state index in [0.29, 0.717) is 20.4 Å². The maximum atomic E-state index is 11.1. The van der Waals surface area contributed by atoms with Crippen molar-refractivity contribution in [2.45, 2.75) is 19.8 Å². The summed E-state index contributed by atoms with van der Waals surface area (Å²) in [5, 5.41) is 9.07. The van der Waals surface area contributed by atoms with Gasteiger partial charge in [-0.25, -0.2) is 4.79 Å². The Hall–Kier alpha value is -1.53. The molecular weight excluding hydrogens is 428 g/mol. The van der Waals surface area contributed by atoms with Crippen LogP contribution < -0.4 is 9.47 Å². The molecule has 0 spiro atoms. The van der Waals surface area contributed by atoms with Crippen molar-refractivity contribution in [3.63, 3.8) is 0 Å². The average Bonchev–Trinajstić information content (AvgIpc) is 2.50. The second-order valence-electron chi connectivity index (χ2n) is 5.23. The SMILES string of the molecule is COc1ccc(Oc2c(Br)cc(C(=O)O)cc2Br)cc1C(C)C. The minimum absolute atomic E-state index is 0.175.